The number of benzene rings is 1. The highest BCUT2D eigenvalue weighted by Crippen LogP contribution is 2.17. The molecule has 0 unspecified atom stereocenters. The normalized spacial score (nSPS) is 10.5. The minimum absolute atomic E-state index is 0.0514. The van der Waals surface area contributed by atoms with Crippen molar-refractivity contribution in [2.45, 2.75) is 32.5 Å². The van der Waals surface area contributed by atoms with Crippen LogP contribution in [-0.4, -0.2) is 21.6 Å². The third-order valence-electron chi connectivity index (χ3n) is 3.32. The van der Waals surface area contributed by atoms with Gasteiger partial charge < -0.3 is 5.32 Å². The van der Waals surface area contributed by atoms with Crippen molar-refractivity contribution in [3.63, 3.8) is 0 Å². The molecule has 0 saturated carbocycles. The fourth-order valence-corrected chi connectivity index (χ4v) is 2.81. The first-order valence-corrected chi connectivity index (χ1v) is 8.28. The SMILES string of the molecule is Cc1nc(SCC(=O)NCc2cccc(Cl)c2)nc(C)c1C. The topological polar surface area (TPSA) is 54.9 Å². The Bertz CT molecular complexity index is 668. The van der Waals surface area contributed by atoms with Gasteiger partial charge in [0.1, 0.15) is 0 Å². The van der Waals surface area contributed by atoms with Gasteiger partial charge in [0.25, 0.3) is 0 Å². The van der Waals surface area contributed by atoms with E-state index in [2.05, 4.69) is 15.3 Å². The minimum Gasteiger partial charge on any atom is -0.351 e. The molecule has 0 aliphatic carbocycles. The summed E-state index contributed by atoms with van der Waals surface area (Å²) in [6.45, 7) is 6.37. The molecule has 1 heterocycles. The summed E-state index contributed by atoms with van der Waals surface area (Å²) in [7, 11) is 0. The number of aryl methyl sites for hydroxylation is 2. The van der Waals surface area contributed by atoms with E-state index in [1.807, 2.05) is 45.0 Å². The Kier molecular flexibility index (Phi) is 5.80. The van der Waals surface area contributed by atoms with E-state index in [0.717, 1.165) is 22.5 Å². The molecule has 0 aliphatic heterocycles. The van der Waals surface area contributed by atoms with Crippen LogP contribution < -0.4 is 5.32 Å². The lowest BCUT2D eigenvalue weighted by molar-refractivity contribution is -0.118. The van der Waals surface area contributed by atoms with Crippen LogP contribution in [0, 0.1) is 20.8 Å². The summed E-state index contributed by atoms with van der Waals surface area (Å²) in [6.07, 6.45) is 0. The van der Waals surface area contributed by atoms with Gasteiger partial charge in [-0.25, -0.2) is 9.97 Å². The lowest BCUT2D eigenvalue weighted by Gasteiger charge is -2.07. The summed E-state index contributed by atoms with van der Waals surface area (Å²) in [5.74, 6) is 0.243. The van der Waals surface area contributed by atoms with Gasteiger partial charge in [-0.2, -0.15) is 0 Å². The lowest BCUT2D eigenvalue weighted by atomic mass is 10.2. The Morgan fingerprint density at radius 2 is 1.91 bits per heavy atom. The fraction of sp³-hybridized carbons (Fsp3) is 0.312. The van der Waals surface area contributed by atoms with E-state index in [9.17, 15) is 4.79 Å². The summed E-state index contributed by atoms with van der Waals surface area (Å²) >= 11 is 7.25. The molecule has 0 spiro atoms. The van der Waals surface area contributed by atoms with Gasteiger partial charge in [0, 0.05) is 23.0 Å². The van der Waals surface area contributed by atoms with Crippen LogP contribution in [0.1, 0.15) is 22.5 Å². The number of nitrogens with one attached hydrogen (secondary N) is 1. The highest BCUT2D eigenvalue weighted by atomic mass is 35.5. The first-order valence-electron chi connectivity index (χ1n) is 6.91. The number of carbonyl (C=O) groups is 1. The lowest BCUT2D eigenvalue weighted by Crippen LogP contribution is -2.24. The van der Waals surface area contributed by atoms with E-state index in [1.54, 1.807) is 0 Å². The van der Waals surface area contributed by atoms with Gasteiger partial charge in [0.05, 0.1) is 5.75 Å². The maximum atomic E-state index is 11.9. The van der Waals surface area contributed by atoms with Crippen LogP contribution >= 0.6 is 23.4 Å². The molecule has 1 amide bonds. The Balaban J connectivity index is 1.85. The van der Waals surface area contributed by atoms with Gasteiger partial charge in [0.2, 0.25) is 5.91 Å². The summed E-state index contributed by atoms with van der Waals surface area (Å²) in [5.41, 5.74) is 3.97. The van der Waals surface area contributed by atoms with Gasteiger partial charge >= 0.3 is 0 Å². The van der Waals surface area contributed by atoms with Crippen molar-refractivity contribution in [1.82, 2.24) is 15.3 Å². The van der Waals surface area contributed by atoms with Crippen LogP contribution in [-0.2, 0) is 11.3 Å². The van der Waals surface area contributed by atoms with Crippen molar-refractivity contribution in [2.75, 3.05) is 5.75 Å². The average molecular weight is 336 g/mol. The molecule has 0 bridgehead atoms. The highest BCUT2D eigenvalue weighted by molar-refractivity contribution is 7.99. The van der Waals surface area contributed by atoms with Crippen LogP contribution in [0.5, 0.6) is 0 Å². The van der Waals surface area contributed by atoms with Crippen LogP contribution in [0.3, 0.4) is 0 Å². The Morgan fingerprint density at radius 1 is 1.23 bits per heavy atom. The standard InChI is InChI=1S/C16H18ClN3OS/c1-10-11(2)19-16(20-12(10)3)22-9-15(21)18-8-13-5-4-6-14(17)7-13/h4-7H,8-9H2,1-3H3,(H,18,21). The molecule has 2 aromatic rings. The second kappa shape index (κ2) is 7.61. The molecule has 0 aliphatic rings. The zero-order chi connectivity index (χ0) is 16.1. The van der Waals surface area contributed by atoms with E-state index in [4.69, 9.17) is 11.6 Å². The molecule has 0 radical (unpaired) electrons. The van der Waals surface area contributed by atoms with Crippen molar-refractivity contribution in [2.24, 2.45) is 0 Å². The molecule has 0 atom stereocenters. The number of hydrogen-bond donors (Lipinski definition) is 1. The van der Waals surface area contributed by atoms with E-state index in [0.29, 0.717) is 22.5 Å². The number of aromatic nitrogens is 2. The Hall–Kier alpha value is -1.59. The van der Waals surface area contributed by atoms with Crippen LogP contribution in [0.25, 0.3) is 0 Å². The molecular weight excluding hydrogens is 318 g/mol. The maximum Gasteiger partial charge on any atom is 0.230 e. The number of carbonyl (C=O) groups excluding carboxylic acids is 1. The molecule has 2 rings (SSSR count). The number of hydrogen-bond acceptors (Lipinski definition) is 4. The number of thioether (sulfide) groups is 1. The molecular formula is C16H18ClN3OS. The van der Waals surface area contributed by atoms with Gasteiger partial charge in [-0.1, -0.05) is 35.5 Å². The van der Waals surface area contributed by atoms with Crippen LogP contribution in [0.2, 0.25) is 5.02 Å². The van der Waals surface area contributed by atoms with E-state index in [1.165, 1.54) is 11.8 Å². The molecule has 116 valence electrons. The van der Waals surface area contributed by atoms with Crippen LogP contribution in [0.4, 0.5) is 0 Å². The first-order chi connectivity index (χ1) is 10.5. The molecule has 1 N–H and O–H groups in total. The van der Waals surface area contributed by atoms with Crippen LogP contribution in [0.15, 0.2) is 29.4 Å². The summed E-state index contributed by atoms with van der Waals surface area (Å²) < 4.78 is 0. The third kappa shape index (κ3) is 4.71. The van der Waals surface area contributed by atoms with Crippen molar-refractivity contribution < 1.29 is 4.79 Å². The quantitative estimate of drug-likeness (QED) is 0.671. The number of rotatable bonds is 5. The largest absolute Gasteiger partial charge is 0.351 e. The zero-order valence-electron chi connectivity index (χ0n) is 12.8. The van der Waals surface area contributed by atoms with E-state index >= 15 is 0 Å². The predicted octanol–water partition coefficient (Wildman–Crippen LogP) is 3.46. The number of nitrogens with zero attached hydrogens (tertiary/aromatic N) is 2. The van der Waals surface area contributed by atoms with Gasteiger partial charge in [0.15, 0.2) is 5.16 Å². The van der Waals surface area contributed by atoms with Crippen molar-refractivity contribution in [1.29, 1.82) is 0 Å². The van der Waals surface area contributed by atoms with E-state index < -0.39 is 0 Å². The molecule has 4 nitrogen and oxygen atoms in total. The molecule has 1 aromatic heterocycles. The monoisotopic (exact) mass is 335 g/mol. The fourth-order valence-electron chi connectivity index (χ4n) is 1.83. The molecule has 0 fully saturated rings. The molecule has 22 heavy (non-hydrogen) atoms. The van der Waals surface area contributed by atoms with Crippen molar-refractivity contribution in [3.05, 3.63) is 51.8 Å². The predicted molar refractivity (Wildman–Crippen MR) is 90.3 cm³/mol. The smallest absolute Gasteiger partial charge is 0.230 e. The van der Waals surface area contributed by atoms with Gasteiger partial charge in [-0.15, -0.1) is 0 Å². The Morgan fingerprint density at radius 3 is 2.55 bits per heavy atom. The van der Waals surface area contributed by atoms with Gasteiger partial charge in [-0.05, 0) is 44.0 Å². The first kappa shape index (κ1) is 16.8. The third-order valence-corrected chi connectivity index (χ3v) is 4.41. The Labute approximate surface area is 139 Å². The summed E-state index contributed by atoms with van der Waals surface area (Å²) in [5, 5.41) is 4.17. The zero-order valence-corrected chi connectivity index (χ0v) is 14.4. The van der Waals surface area contributed by atoms with Crippen molar-refractivity contribution >= 4 is 29.3 Å². The van der Waals surface area contributed by atoms with Gasteiger partial charge in [-0.3, -0.25) is 4.79 Å². The molecule has 0 saturated heterocycles. The summed E-state index contributed by atoms with van der Waals surface area (Å²) in [6, 6.07) is 7.44. The van der Waals surface area contributed by atoms with Crippen molar-refractivity contribution in [3.8, 4) is 0 Å². The average Bonchev–Trinajstić information content (AvgIpc) is 2.48. The number of halogens is 1. The number of amides is 1. The maximum absolute atomic E-state index is 11.9. The minimum atomic E-state index is -0.0514. The highest BCUT2D eigenvalue weighted by Gasteiger charge is 2.08. The molecule has 6 heteroatoms. The molecule has 1 aromatic carbocycles. The summed E-state index contributed by atoms with van der Waals surface area (Å²) in [4.78, 5) is 20.7. The van der Waals surface area contributed by atoms with E-state index in [-0.39, 0.29) is 5.91 Å². The second-order valence-corrected chi connectivity index (χ2v) is 6.38. The second-order valence-electron chi connectivity index (χ2n) is 5.00.